The minimum atomic E-state index is -0.412. The Morgan fingerprint density at radius 3 is 2.57 bits per heavy atom. The van der Waals surface area contributed by atoms with Crippen LogP contribution in [0.15, 0.2) is 11.6 Å². The van der Waals surface area contributed by atoms with Crippen molar-refractivity contribution in [2.24, 2.45) is 5.41 Å². The summed E-state index contributed by atoms with van der Waals surface area (Å²) in [7, 11) is 0. The zero-order valence-electron chi connectivity index (χ0n) is 13.7. The molecule has 2 unspecified atom stereocenters. The fourth-order valence-electron chi connectivity index (χ4n) is 3.25. The van der Waals surface area contributed by atoms with Crippen molar-refractivity contribution in [1.82, 2.24) is 10.2 Å². The Morgan fingerprint density at radius 1 is 1.33 bits per heavy atom. The minimum absolute atomic E-state index is 0.00238. The first-order valence-corrected chi connectivity index (χ1v) is 8.13. The van der Waals surface area contributed by atoms with Crippen LogP contribution in [-0.4, -0.2) is 35.3 Å². The van der Waals surface area contributed by atoms with E-state index in [4.69, 9.17) is 0 Å². The van der Waals surface area contributed by atoms with E-state index in [9.17, 15) is 9.59 Å². The molecule has 0 bridgehead atoms. The Balaban J connectivity index is 2.12. The van der Waals surface area contributed by atoms with Crippen LogP contribution in [-0.2, 0) is 9.59 Å². The second kappa shape index (κ2) is 6.20. The van der Waals surface area contributed by atoms with Gasteiger partial charge in [-0.3, -0.25) is 9.59 Å². The smallest absolute Gasteiger partial charge is 0.246 e. The molecule has 1 aliphatic heterocycles. The average Bonchev–Trinajstić information content (AvgIpc) is 2.91. The molecule has 4 nitrogen and oxygen atoms in total. The Hall–Kier alpha value is -1.32. The molecule has 1 saturated heterocycles. The van der Waals surface area contributed by atoms with E-state index in [1.165, 1.54) is 12.0 Å². The van der Waals surface area contributed by atoms with E-state index in [2.05, 4.69) is 11.4 Å². The molecule has 0 aromatic rings. The maximum absolute atomic E-state index is 12.8. The number of hydrogen-bond acceptors (Lipinski definition) is 2. The molecule has 21 heavy (non-hydrogen) atoms. The summed E-state index contributed by atoms with van der Waals surface area (Å²) in [4.78, 5) is 26.9. The lowest BCUT2D eigenvalue weighted by Crippen LogP contribution is -2.66. The first kappa shape index (κ1) is 16.1. The van der Waals surface area contributed by atoms with Crippen LogP contribution >= 0.6 is 0 Å². The third-order valence-corrected chi connectivity index (χ3v) is 4.56. The molecule has 1 N–H and O–H groups in total. The molecule has 0 spiro atoms. The van der Waals surface area contributed by atoms with Gasteiger partial charge in [0.1, 0.15) is 12.1 Å². The molecule has 4 heteroatoms. The Morgan fingerprint density at radius 2 is 2.05 bits per heavy atom. The van der Waals surface area contributed by atoms with Crippen molar-refractivity contribution in [1.29, 1.82) is 0 Å². The Bertz CT molecular complexity index is 448. The van der Waals surface area contributed by atoms with Gasteiger partial charge in [0.15, 0.2) is 0 Å². The van der Waals surface area contributed by atoms with Crippen molar-refractivity contribution in [2.75, 3.05) is 6.54 Å². The molecule has 0 saturated carbocycles. The number of rotatable bonds is 4. The molecule has 1 aliphatic carbocycles. The van der Waals surface area contributed by atoms with Gasteiger partial charge in [-0.25, -0.2) is 0 Å². The highest BCUT2D eigenvalue weighted by atomic mass is 16.2. The van der Waals surface area contributed by atoms with Gasteiger partial charge < -0.3 is 10.2 Å². The van der Waals surface area contributed by atoms with Crippen LogP contribution in [0.5, 0.6) is 0 Å². The van der Waals surface area contributed by atoms with Gasteiger partial charge in [0, 0.05) is 6.54 Å². The molecule has 2 amide bonds. The molecular weight excluding hydrogens is 264 g/mol. The van der Waals surface area contributed by atoms with Gasteiger partial charge in [-0.2, -0.15) is 0 Å². The summed E-state index contributed by atoms with van der Waals surface area (Å²) in [5.74, 6) is 0.0740. The first-order chi connectivity index (χ1) is 9.84. The quantitative estimate of drug-likeness (QED) is 0.810. The van der Waals surface area contributed by atoms with E-state index in [1.807, 2.05) is 32.6 Å². The topological polar surface area (TPSA) is 49.4 Å². The van der Waals surface area contributed by atoms with Crippen LogP contribution in [0.4, 0.5) is 0 Å². The maximum atomic E-state index is 12.8. The maximum Gasteiger partial charge on any atom is 0.246 e. The summed E-state index contributed by atoms with van der Waals surface area (Å²) in [5, 5.41) is 2.92. The fraction of sp³-hybridized carbons (Fsp3) is 0.765. The van der Waals surface area contributed by atoms with Crippen molar-refractivity contribution in [3.8, 4) is 0 Å². The number of nitrogens with zero attached hydrogens (tertiary/aromatic N) is 1. The molecule has 0 radical (unpaired) electrons. The second-order valence-corrected chi connectivity index (χ2v) is 7.27. The zero-order valence-corrected chi connectivity index (χ0v) is 13.7. The molecular formula is C17H28N2O2. The lowest BCUT2D eigenvalue weighted by atomic mass is 9.83. The highest BCUT2D eigenvalue weighted by Crippen LogP contribution is 2.27. The third-order valence-electron chi connectivity index (χ3n) is 4.56. The van der Waals surface area contributed by atoms with E-state index in [0.717, 1.165) is 19.3 Å². The first-order valence-electron chi connectivity index (χ1n) is 8.13. The lowest BCUT2D eigenvalue weighted by molar-refractivity contribution is -0.152. The van der Waals surface area contributed by atoms with Gasteiger partial charge >= 0.3 is 0 Å². The monoisotopic (exact) mass is 292 g/mol. The number of carbonyl (C=O) groups is 2. The number of nitrogens with one attached hydrogen (secondary N) is 1. The minimum Gasteiger partial charge on any atom is -0.342 e. The molecule has 0 aromatic heterocycles. The van der Waals surface area contributed by atoms with Crippen molar-refractivity contribution in [3.05, 3.63) is 11.6 Å². The van der Waals surface area contributed by atoms with E-state index in [1.54, 1.807) is 0 Å². The van der Waals surface area contributed by atoms with Crippen molar-refractivity contribution < 1.29 is 9.59 Å². The van der Waals surface area contributed by atoms with Gasteiger partial charge in [-0.05, 0) is 37.5 Å². The van der Waals surface area contributed by atoms with Crippen LogP contribution in [0.2, 0.25) is 0 Å². The molecule has 2 atom stereocenters. The molecule has 118 valence electrons. The van der Waals surface area contributed by atoms with Gasteiger partial charge in [0.2, 0.25) is 11.8 Å². The lowest BCUT2D eigenvalue weighted by Gasteiger charge is -2.43. The van der Waals surface area contributed by atoms with Gasteiger partial charge in [-0.1, -0.05) is 39.3 Å². The average molecular weight is 292 g/mol. The van der Waals surface area contributed by atoms with Crippen LogP contribution in [0.25, 0.3) is 0 Å². The van der Waals surface area contributed by atoms with Crippen LogP contribution in [0, 0.1) is 5.41 Å². The Labute approximate surface area is 128 Å². The van der Waals surface area contributed by atoms with Gasteiger partial charge in [0.25, 0.3) is 0 Å². The SMILES string of the molecule is CCC1C(=O)NC(C(C)(C)C)C(=O)N1CCC1=CCCC1. The molecule has 0 aromatic carbocycles. The summed E-state index contributed by atoms with van der Waals surface area (Å²) in [6.45, 7) is 8.64. The van der Waals surface area contributed by atoms with E-state index in [0.29, 0.717) is 13.0 Å². The molecule has 1 heterocycles. The second-order valence-electron chi connectivity index (χ2n) is 7.27. The molecule has 2 aliphatic rings. The third kappa shape index (κ3) is 3.47. The summed E-state index contributed by atoms with van der Waals surface area (Å²) < 4.78 is 0. The van der Waals surface area contributed by atoms with Gasteiger partial charge in [0.05, 0.1) is 0 Å². The number of hydrogen-bond donors (Lipinski definition) is 1. The number of amides is 2. The zero-order chi connectivity index (χ0) is 15.6. The van der Waals surface area contributed by atoms with Crippen molar-refractivity contribution >= 4 is 11.8 Å². The number of allylic oxidation sites excluding steroid dienone is 1. The summed E-state index contributed by atoms with van der Waals surface area (Å²) >= 11 is 0. The van der Waals surface area contributed by atoms with Crippen LogP contribution in [0.3, 0.4) is 0 Å². The van der Waals surface area contributed by atoms with Crippen LogP contribution < -0.4 is 5.32 Å². The van der Waals surface area contributed by atoms with E-state index < -0.39 is 6.04 Å². The molecule has 2 rings (SSSR count). The summed E-state index contributed by atoms with van der Waals surface area (Å²) in [6, 6.07) is -0.719. The normalized spacial score (nSPS) is 26.9. The summed E-state index contributed by atoms with van der Waals surface area (Å²) in [5.41, 5.74) is 1.19. The summed E-state index contributed by atoms with van der Waals surface area (Å²) in [6.07, 6.45) is 7.40. The van der Waals surface area contributed by atoms with Gasteiger partial charge in [-0.15, -0.1) is 0 Å². The standard InChI is InChI=1S/C17H28N2O2/c1-5-13-15(20)18-14(17(2,3)4)16(21)19(13)11-10-12-8-6-7-9-12/h8,13-14H,5-7,9-11H2,1-4H3,(H,18,20). The van der Waals surface area contributed by atoms with Crippen molar-refractivity contribution in [2.45, 2.75) is 71.9 Å². The van der Waals surface area contributed by atoms with Crippen molar-refractivity contribution in [3.63, 3.8) is 0 Å². The van der Waals surface area contributed by atoms with E-state index >= 15 is 0 Å². The highest BCUT2D eigenvalue weighted by molar-refractivity contribution is 5.97. The fourth-order valence-corrected chi connectivity index (χ4v) is 3.25. The largest absolute Gasteiger partial charge is 0.342 e. The molecule has 1 fully saturated rings. The predicted octanol–water partition coefficient (Wildman–Crippen LogP) is 2.64. The number of piperazine rings is 1. The predicted molar refractivity (Wildman–Crippen MR) is 83.7 cm³/mol. The highest BCUT2D eigenvalue weighted by Gasteiger charge is 2.44. The van der Waals surface area contributed by atoms with Crippen LogP contribution in [0.1, 0.15) is 59.8 Å². The van der Waals surface area contributed by atoms with E-state index in [-0.39, 0.29) is 23.3 Å². The number of carbonyl (C=O) groups excluding carboxylic acids is 2. The Kier molecular flexibility index (Phi) is 4.74.